The lowest BCUT2D eigenvalue weighted by molar-refractivity contribution is -0.392. The van der Waals surface area contributed by atoms with Crippen LogP contribution in [-0.2, 0) is 41.1 Å². The zero-order chi connectivity index (χ0) is 37.6. The molecule has 5 rings (SSSR count). The Kier molecular flexibility index (Phi) is 10.3. The molecule has 1 heterocycles. The minimum atomic E-state index is -6.25. The summed E-state index contributed by atoms with van der Waals surface area (Å²) >= 11 is 0. The van der Waals surface area contributed by atoms with Gasteiger partial charge in [0, 0.05) is 30.1 Å². The molecule has 0 spiro atoms. The number of ether oxygens (including phenoxy) is 1. The van der Waals surface area contributed by atoms with E-state index >= 15 is 0 Å². The van der Waals surface area contributed by atoms with Gasteiger partial charge < -0.3 is 14.7 Å². The first-order valence-electron chi connectivity index (χ1n) is 15.6. The van der Waals surface area contributed by atoms with E-state index in [0.29, 0.717) is 24.3 Å². The standard InChI is InChI=1S/C34H30F9NO6S/c35-24-12-14-25(15-13-24)51(48,49)31(16-17-44(19-31)29(45)20-4-6-21(7-5-20)30(46)47)22-8-10-23(11-9-22)32(33(38,39)40,34(41,42)43)50-18-26-27(36)2-1-3-28(26)37/h1-3,8-15,20-21H,4-7,16-19H2,(H,46,47)/t20-,21+,31-/m0/s1. The molecule has 3 aromatic rings. The van der Waals surface area contributed by atoms with Crippen molar-refractivity contribution in [2.24, 2.45) is 11.8 Å². The summed E-state index contributed by atoms with van der Waals surface area (Å²) in [6.07, 6.45) is -12.0. The normalized spacial score (nSPS) is 21.9. The average molecular weight is 752 g/mol. The van der Waals surface area contributed by atoms with Crippen molar-refractivity contribution >= 4 is 21.7 Å². The number of benzene rings is 3. The molecule has 2 fully saturated rings. The zero-order valence-electron chi connectivity index (χ0n) is 26.4. The van der Waals surface area contributed by atoms with Crippen LogP contribution in [0.5, 0.6) is 0 Å². The maximum absolute atomic E-state index is 14.5. The molecule has 0 bridgehead atoms. The highest BCUT2D eigenvalue weighted by Crippen LogP contribution is 2.54. The molecule has 0 radical (unpaired) electrons. The van der Waals surface area contributed by atoms with Crippen molar-refractivity contribution in [3.8, 4) is 0 Å². The Morgan fingerprint density at radius 2 is 1.33 bits per heavy atom. The molecule has 276 valence electrons. The van der Waals surface area contributed by atoms with E-state index < -0.39 is 103 Å². The zero-order valence-corrected chi connectivity index (χ0v) is 27.2. The fourth-order valence-electron chi connectivity index (χ4n) is 6.86. The summed E-state index contributed by atoms with van der Waals surface area (Å²) in [7, 11) is -4.65. The molecule has 3 aromatic carbocycles. The summed E-state index contributed by atoms with van der Waals surface area (Å²) in [5.74, 6) is -6.51. The highest BCUT2D eigenvalue weighted by atomic mass is 32.2. The fraction of sp³-hybridized carbons (Fsp3) is 0.412. The number of hydrogen-bond donors (Lipinski definition) is 1. The summed E-state index contributed by atoms with van der Waals surface area (Å²) in [4.78, 5) is 25.7. The van der Waals surface area contributed by atoms with Crippen LogP contribution in [0.15, 0.2) is 71.6 Å². The van der Waals surface area contributed by atoms with Crippen molar-refractivity contribution in [3.63, 3.8) is 0 Å². The number of sulfone groups is 1. The number of rotatable bonds is 9. The van der Waals surface area contributed by atoms with Gasteiger partial charge in [0.25, 0.3) is 5.60 Å². The minimum Gasteiger partial charge on any atom is -0.481 e. The maximum atomic E-state index is 14.5. The highest BCUT2D eigenvalue weighted by molar-refractivity contribution is 7.92. The van der Waals surface area contributed by atoms with E-state index in [2.05, 4.69) is 4.74 Å². The fourth-order valence-corrected chi connectivity index (χ4v) is 8.94. The third-order valence-electron chi connectivity index (χ3n) is 9.72. The number of carboxylic acids is 1. The first-order valence-corrected chi connectivity index (χ1v) is 17.1. The van der Waals surface area contributed by atoms with Gasteiger partial charge in [-0.15, -0.1) is 0 Å². The highest BCUT2D eigenvalue weighted by Gasteiger charge is 2.73. The number of carbonyl (C=O) groups excluding carboxylic acids is 1. The van der Waals surface area contributed by atoms with E-state index in [1.54, 1.807) is 0 Å². The predicted octanol–water partition coefficient (Wildman–Crippen LogP) is 7.43. The van der Waals surface area contributed by atoms with Gasteiger partial charge in [-0.1, -0.05) is 30.3 Å². The van der Waals surface area contributed by atoms with Gasteiger partial charge in [0.1, 0.15) is 22.2 Å². The van der Waals surface area contributed by atoms with Gasteiger partial charge in [-0.25, -0.2) is 21.6 Å². The quantitative estimate of drug-likeness (QED) is 0.180. The molecule has 0 aromatic heterocycles. The second kappa shape index (κ2) is 13.8. The summed E-state index contributed by atoms with van der Waals surface area (Å²) in [5.41, 5.74) is -8.18. The summed E-state index contributed by atoms with van der Waals surface area (Å²) in [6, 6.07) is 7.82. The van der Waals surface area contributed by atoms with Crippen LogP contribution in [0.1, 0.15) is 48.8 Å². The van der Waals surface area contributed by atoms with Crippen LogP contribution < -0.4 is 0 Å². The molecule has 51 heavy (non-hydrogen) atoms. The van der Waals surface area contributed by atoms with Gasteiger partial charge in [0.2, 0.25) is 5.91 Å². The Bertz CT molecular complexity index is 1840. The van der Waals surface area contributed by atoms with Crippen molar-refractivity contribution in [2.75, 3.05) is 13.1 Å². The van der Waals surface area contributed by atoms with E-state index in [-0.39, 0.29) is 44.2 Å². The monoisotopic (exact) mass is 751 g/mol. The SMILES string of the molecule is O=C(O)[C@H]1CC[C@@H](C(=O)N2CC[C@](c3ccc(C(OCc4c(F)cccc4F)(C(F)(F)F)C(F)(F)F)cc3)(S(=O)(=O)c3ccc(F)cc3)C2)CC1. The molecule has 1 atom stereocenters. The van der Waals surface area contributed by atoms with Crippen molar-refractivity contribution in [3.05, 3.63) is 101 Å². The third-order valence-corrected chi connectivity index (χ3v) is 12.2. The molecule has 7 nitrogen and oxygen atoms in total. The molecule has 1 saturated carbocycles. The molecule has 17 heteroatoms. The van der Waals surface area contributed by atoms with Crippen molar-refractivity contribution in [1.29, 1.82) is 0 Å². The lowest BCUT2D eigenvalue weighted by atomic mass is 9.81. The second-order valence-electron chi connectivity index (χ2n) is 12.6. The van der Waals surface area contributed by atoms with Gasteiger partial charge in [-0.3, -0.25) is 9.59 Å². The van der Waals surface area contributed by atoms with Crippen LogP contribution >= 0.6 is 0 Å². The summed E-state index contributed by atoms with van der Waals surface area (Å²) in [6.45, 7) is -2.55. The molecular weight excluding hydrogens is 721 g/mol. The minimum absolute atomic E-state index is 0.188. The van der Waals surface area contributed by atoms with Crippen LogP contribution in [0.4, 0.5) is 39.5 Å². The van der Waals surface area contributed by atoms with Gasteiger partial charge in [0.15, 0.2) is 9.84 Å². The van der Waals surface area contributed by atoms with Crippen LogP contribution in [0, 0.1) is 29.3 Å². The van der Waals surface area contributed by atoms with Crippen molar-refractivity contribution in [1.82, 2.24) is 4.90 Å². The van der Waals surface area contributed by atoms with E-state index in [4.69, 9.17) is 0 Å². The first-order chi connectivity index (χ1) is 23.7. The molecule has 0 unspecified atom stereocenters. The first kappa shape index (κ1) is 38.1. The van der Waals surface area contributed by atoms with E-state index in [1.807, 2.05) is 0 Å². The number of alkyl halides is 6. The lowest BCUT2D eigenvalue weighted by Gasteiger charge is -2.38. The van der Waals surface area contributed by atoms with Gasteiger partial charge >= 0.3 is 18.3 Å². The lowest BCUT2D eigenvalue weighted by Crippen LogP contribution is -2.56. The molecule has 1 N–H and O–H groups in total. The predicted molar refractivity (Wildman–Crippen MR) is 161 cm³/mol. The van der Waals surface area contributed by atoms with Crippen molar-refractivity contribution < 1.29 is 67.4 Å². The molecular formula is C34H30F9NO6S. The van der Waals surface area contributed by atoms with Crippen molar-refractivity contribution in [2.45, 2.75) is 66.3 Å². The van der Waals surface area contributed by atoms with Crippen LogP contribution in [0.2, 0.25) is 0 Å². The molecule has 1 amide bonds. The summed E-state index contributed by atoms with van der Waals surface area (Å²) < 4.78 is 160. The number of nitrogens with zero attached hydrogens (tertiary/aromatic N) is 1. The summed E-state index contributed by atoms with van der Waals surface area (Å²) in [5, 5.41) is 9.30. The Morgan fingerprint density at radius 3 is 1.84 bits per heavy atom. The number of amides is 1. The third kappa shape index (κ3) is 6.81. The molecule has 1 saturated heterocycles. The number of halogens is 9. The second-order valence-corrected chi connectivity index (χ2v) is 14.9. The van der Waals surface area contributed by atoms with Gasteiger partial charge in [0.05, 0.1) is 17.4 Å². The topological polar surface area (TPSA) is 101 Å². The molecule has 1 aliphatic heterocycles. The number of aliphatic carboxylic acids is 1. The number of likely N-dealkylation sites (tertiary alicyclic amines) is 1. The average Bonchev–Trinajstić information content (AvgIpc) is 3.53. The van der Waals surface area contributed by atoms with E-state index in [0.717, 1.165) is 42.5 Å². The smallest absolute Gasteiger partial charge is 0.430 e. The Morgan fingerprint density at radius 1 is 0.804 bits per heavy atom. The van der Waals surface area contributed by atoms with Gasteiger partial charge in [-0.05, 0) is 74.1 Å². The Hall–Kier alpha value is -4.12. The number of carbonyl (C=O) groups is 2. The molecule has 1 aliphatic carbocycles. The molecule has 2 aliphatic rings. The number of carboxylic acid groups (broad SMARTS) is 1. The van der Waals surface area contributed by atoms with E-state index in [9.17, 15) is 62.6 Å². The van der Waals surface area contributed by atoms with Crippen LogP contribution in [-0.4, -0.2) is 55.7 Å². The van der Waals surface area contributed by atoms with Gasteiger partial charge in [-0.2, -0.15) is 26.3 Å². The van der Waals surface area contributed by atoms with Crippen LogP contribution in [0.25, 0.3) is 0 Å². The Balaban J connectivity index is 1.56. The largest absolute Gasteiger partial charge is 0.481 e. The maximum Gasteiger partial charge on any atom is 0.430 e. The van der Waals surface area contributed by atoms with E-state index in [1.165, 1.54) is 4.90 Å². The Labute approximate surface area is 285 Å². The number of hydrogen-bond acceptors (Lipinski definition) is 5. The van der Waals surface area contributed by atoms with Crippen LogP contribution in [0.3, 0.4) is 0 Å².